The molecule has 1 aromatic rings. The molecule has 66 valence electrons. The molecule has 0 bridgehead atoms. The molecule has 0 unspecified atom stereocenters. The molecular weight excluding hydrogens is 158 g/mol. The van der Waals surface area contributed by atoms with Crippen LogP contribution in [0, 0.1) is 0 Å². The highest BCUT2D eigenvalue weighted by Crippen LogP contribution is 1.97. The Kier molecular flexibility index (Phi) is 2.79. The van der Waals surface area contributed by atoms with Gasteiger partial charge in [0, 0.05) is 12.8 Å². The maximum Gasteiger partial charge on any atom is 0.130 e. The SMILES string of the molecule is COn1cc(CCC(C)=O)nn1. The molecule has 0 saturated carbocycles. The van der Waals surface area contributed by atoms with Crippen molar-refractivity contribution in [2.24, 2.45) is 0 Å². The van der Waals surface area contributed by atoms with Crippen molar-refractivity contribution in [3.63, 3.8) is 0 Å². The van der Waals surface area contributed by atoms with Gasteiger partial charge in [0.15, 0.2) is 0 Å². The number of rotatable bonds is 4. The molecule has 0 fully saturated rings. The fraction of sp³-hybridized carbons (Fsp3) is 0.571. The van der Waals surface area contributed by atoms with Gasteiger partial charge in [-0.25, -0.2) is 0 Å². The number of ketones is 1. The van der Waals surface area contributed by atoms with E-state index in [4.69, 9.17) is 4.84 Å². The van der Waals surface area contributed by atoms with Crippen LogP contribution >= 0.6 is 0 Å². The molecule has 0 atom stereocenters. The summed E-state index contributed by atoms with van der Waals surface area (Å²) in [7, 11) is 1.50. The van der Waals surface area contributed by atoms with Gasteiger partial charge >= 0.3 is 0 Å². The maximum absolute atomic E-state index is 10.6. The van der Waals surface area contributed by atoms with Gasteiger partial charge in [-0.2, -0.15) is 0 Å². The van der Waals surface area contributed by atoms with Crippen molar-refractivity contribution in [1.82, 2.24) is 15.2 Å². The molecule has 1 aromatic heterocycles. The summed E-state index contributed by atoms with van der Waals surface area (Å²) in [5.41, 5.74) is 0.770. The highest BCUT2D eigenvalue weighted by Gasteiger charge is 2.01. The first kappa shape index (κ1) is 8.70. The Morgan fingerprint density at radius 1 is 1.75 bits per heavy atom. The van der Waals surface area contributed by atoms with E-state index in [1.807, 2.05) is 0 Å². The van der Waals surface area contributed by atoms with Gasteiger partial charge in [0.05, 0.1) is 11.9 Å². The monoisotopic (exact) mass is 169 g/mol. The van der Waals surface area contributed by atoms with Gasteiger partial charge in [0.2, 0.25) is 0 Å². The lowest BCUT2D eigenvalue weighted by Crippen LogP contribution is -2.05. The molecule has 0 saturated heterocycles. The Morgan fingerprint density at radius 2 is 2.50 bits per heavy atom. The zero-order valence-corrected chi connectivity index (χ0v) is 7.15. The highest BCUT2D eigenvalue weighted by molar-refractivity contribution is 5.75. The summed E-state index contributed by atoms with van der Waals surface area (Å²) in [4.78, 5) is 16.6. The summed E-state index contributed by atoms with van der Waals surface area (Å²) < 4.78 is 0. The van der Waals surface area contributed by atoms with E-state index in [0.717, 1.165) is 5.69 Å². The van der Waals surface area contributed by atoms with Crippen LogP contribution in [0.3, 0.4) is 0 Å². The second kappa shape index (κ2) is 3.85. The third-order valence-corrected chi connectivity index (χ3v) is 1.44. The number of hydrogen-bond donors (Lipinski definition) is 0. The van der Waals surface area contributed by atoms with Gasteiger partial charge in [-0.15, -0.1) is 5.10 Å². The first-order chi connectivity index (χ1) is 5.72. The van der Waals surface area contributed by atoms with Crippen LogP contribution in [-0.4, -0.2) is 28.1 Å². The molecule has 12 heavy (non-hydrogen) atoms. The summed E-state index contributed by atoms with van der Waals surface area (Å²) in [6.45, 7) is 1.56. The Balaban J connectivity index is 2.47. The second-order valence-corrected chi connectivity index (χ2v) is 2.50. The van der Waals surface area contributed by atoms with E-state index < -0.39 is 0 Å². The summed E-state index contributed by atoms with van der Waals surface area (Å²) in [5.74, 6) is 0.155. The van der Waals surface area contributed by atoms with Crippen molar-refractivity contribution in [3.8, 4) is 0 Å². The average Bonchev–Trinajstić information content (AvgIpc) is 2.48. The molecule has 0 aliphatic rings. The van der Waals surface area contributed by atoms with E-state index >= 15 is 0 Å². The molecule has 0 aliphatic heterocycles. The van der Waals surface area contributed by atoms with Gasteiger partial charge in [-0.1, -0.05) is 4.85 Å². The molecule has 0 aromatic carbocycles. The van der Waals surface area contributed by atoms with Gasteiger partial charge < -0.3 is 9.63 Å². The van der Waals surface area contributed by atoms with Crippen LogP contribution in [0.4, 0.5) is 0 Å². The fourth-order valence-electron chi connectivity index (χ4n) is 0.789. The van der Waals surface area contributed by atoms with Crippen LogP contribution in [0.15, 0.2) is 6.20 Å². The van der Waals surface area contributed by atoms with Crippen LogP contribution < -0.4 is 4.84 Å². The topological polar surface area (TPSA) is 57.0 Å². The minimum Gasteiger partial charge on any atom is -0.399 e. The predicted molar refractivity (Wildman–Crippen MR) is 41.5 cm³/mol. The van der Waals surface area contributed by atoms with Gasteiger partial charge in [-0.3, -0.25) is 0 Å². The minimum atomic E-state index is 0.155. The standard InChI is InChI=1S/C7H11N3O2/c1-6(11)3-4-7-5-10(12-2)9-8-7/h5H,3-4H2,1-2H3. The van der Waals surface area contributed by atoms with Gasteiger partial charge in [0.25, 0.3) is 0 Å². The van der Waals surface area contributed by atoms with E-state index in [9.17, 15) is 4.79 Å². The van der Waals surface area contributed by atoms with E-state index in [2.05, 4.69) is 10.3 Å². The largest absolute Gasteiger partial charge is 0.399 e. The van der Waals surface area contributed by atoms with Crippen molar-refractivity contribution in [2.45, 2.75) is 19.8 Å². The van der Waals surface area contributed by atoms with E-state index in [-0.39, 0.29) is 5.78 Å². The van der Waals surface area contributed by atoms with Crippen LogP contribution in [0.25, 0.3) is 0 Å². The molecule has 0 aliphatic carbocycles. The molecule has 5 nitrogen and oxygen atoms in total. The van der Waals surface area contributed by atoms with Crippen molar-refractivity contribution in [1.29, 1.82) is 0 Å². The summed E-state index contributed by atoms with van der Waals surface area (Å²) in [6, 6.07) is 0. The summed E-state index contributed by atoms with van der Waals surface area (Å²) in [6.07, 6.45) is 2.78. The average molecular weight is 169 g/mol. The number of hydrogen-bond acceptors (Lipinski definition) is 4. The van der Waals surface area contributed by atoms with Crippen molar-refractivity contribution < 1.29 is 9.63 Å². The number of Topliss-reactive ketones (excluding diaryl/α,β-unsaturated/α-hetero) is 1. The maximum atomic E-state index is 10.6. The lowest BCUT2D eigenvalue weighted by Gasteiger charge is -1.92. The molecule has 0 amide bonds. The van der Waals surface area contributed by atoms with E-state index in [0.29, 0.717) is 12.8 Å². The molecule has 1 rings (SSSR count). The summed E-state index contributed by atoms with van der Waals surface area (Å²) >= 11 is 0. The number of carbonyl (C=O) groups excluding carboxylic acids is 1. The minimum absolute atomic E-state index is 0.155. The van der Waals surface area contributed by atoms with Gasteiger partial charge in [0.1, 0.15) is 12.9 Å². The first-order valence-electron chi connectivity index (χ1n) is 3.67. The molecular formula is C7H11N3O2. The van der Waals surface area contributed by atoms with E-state index in [1.54, 1.807) is 13.1 Å². The zero-order valence-electron chi connectivity index (χ0n) is 7.15. The van der Waals surface area contributed by atoms with Crippen LogP contribution in [0.2, 0.25) is 0 Å². The van der Waals surface area contributed by atoms with E-state index in [1.165, 1.54) is 12.0 Å². The highest BCUT2D eigenvalue weighted by atomic mass is 16.7. The number of nitrogens with zero attached hydrogens (tertiary/aromatic N) is 3. The Labute approximate surface area is 70.3 Å². The third kappa shape index (κ3) is 2.34. The van der Waals surface area contributed by atoms with Crippen molar-refractivity contribution >= 4 is 5.78 Å². The number of carbonyl (C=O) groups is 1. The lowest BCUT2D eigenvalue weighted by atomic mass is 10.2. The van der Waals surface area contributed by atoms with Crippen molar-refractivity contribution in [3.05, 3.63) is 11.9 Å². The molecule has 5 heteroatoms. The molecule has 1 heterocycles. The van der Waals surface area contributed by atoms with Crippen LogP contribution in [-0.2, 0) is 11.2 Å². The Bertz CT molecular complexity index is 269. The fourth-order valence-corrected chi connectivity index (χ4v) is 0.789. The molecule has 0 radical (unpaired) electrons. The molecule has 0 N–H and O–H groups in total. The number of aryl methyl sites for hydroxylation is 1. The molecule has 0 spiro atoms. The first-order valence-corrected chi connectivity index (χ1v) is 3.67. The lowest BCUT2D eigenvalue weighted by molar-refractivity contribution is -0.116. The smallest absolute Gasteiger partial charge is 0.130 e. The van der Waals surface area contributed by atoms with Gasteiger partial charge in [-0.05, 0) is 12.1 Å². The third-order valence-electron chi connectivity index (χ3n) is 1.44. The Hall–Kier alpha value is -1.39. The quantitative estimate of drug-likeness (QED) is 0.629. The number of aromatic nitrogens is 3. The predicted octanol–water partition coefficient (Wildman–Crippen LogP) is -0.142. The van der Waals surface area contributed by atoms with Crippen molar-refractivity contribution in [2.75, 3.05) is 7.11 Å². The Morgan fingerprint density at radius 3 is 3.00 bits per heavy atom. The summed E-state index contributed by atoms with van der Waals surface area (Å²) in [5, 5.41) is 7.44. The van der Waals surface area contributed by atoms with Crippen LogP contribution in [0.5, 0.6) is 0 Å². The van der Waals surface area contributed by atoms with Crippen LogP contribution in [0.1, 0.15) is 19.0 Å². The normalized spacial score (nSPS) is 9.83. The second-order valence-electron chi connectivity index (χ2n) is 2.50. The zero-order chi connectivity index (χ0) is 8.97.